The van der Waals surface area contributed by atoms with Gasteiger partial charge in [-0.25, -0.2) is 19.2 Å². The Morgan fingerprint density at radius 2 is 1.16 bits per heavy atom. The van der Waals surface area contributed by atoms with Crippen LogP contribution in [0.4, 0.5) is 16.2 Å². The van der Waals surface area contributed by atoms with Crippen LogP contribution in [-0.2, 0) is 20.9 Å². The Bertz CT molecular complexity index is 2730. The number of nitrogens with one attached hydrogen (secondary N) is 3. The molecule has 7 rings (SSSR count). The SMILES string of the molecule is COc1cc(C2C(NCc3ccc(N)cc3)(C(=O)O)C(c3ccc(OC(=O)c4cccs4)c(OC)c3)C2(NC(=O)c2ccc(NC(=O)OC(C)(C)C)cc2)C(=O)O)ccc1OC(=O)c1cccs1. The van der Waals surface area contributed by atoms with Crippen molar-refractivity contribution in [3.05, 3.63) is 152 Å². The minimum atomic E-state index is -2.53. The van der Waals surface area contributed by atoms with Crippen LogP contribution < -0.4 is 40.6 Å². The number of thiophene rings is 2. The van der Waals surface area contributed by atoms with E-state index in [1.807, 2.05) is 0 Å². The highest BCUT2D eigenvalue weighted by Gasteiger charge is 2.79. The number of nitrogen functional groups attached to an aromatic ring is 1. The summed E-state index contributed by atoms with van der Waals surface area (Å²) in [6.07, 6.45) is -0.748. The number of nitrogens with two attached hydrogens (primary N) is 1. The molecule has 17 nitrogen and oxygen atoms in total. The molecule has 2 unspecified atom stereocenters. The summed E-state index contributed by atoms with van der Waals surface area (Å²) in [6.45, 7) is 4.95. The van der Waals surface area contributed by atoms with Gasteiger partial charge in [0, 0.05) is 35.3 Å². The van der Waals surface area contributed by atoms with E-state index in [0.717, 1.165) is 22.7 Å². The lowest BCUT2D eigenvalue weighted by Gasteiger charge is -2.64. The Balaban J connectivity index is 1.40. The number of rotatable bonds is 16. The minimum Gasteiger partial charge on any atom is -0.493 e. The molecule has 68 heavy (non-hydrogen) atoms. The number of amides is 2. The summed E-state index contributed by atoms with van der Waals surface area (Å²) in [5.74, 6) is -9.02. The van der Waals surface area contributed by atoms with Gasteiger partial charge >= 0.3 is 30.0 Å². The van der Waals surface area contributed by atoms with Gasteiger partial charge in [0.05, 0.1) is 14.2 Å². The first-order chi connectivity index (χ1) is 32.4. The molecule has 0 spiro atoms. The lowest BCUT2D eigenvalue weighted by atomic mass is 9.43. The normalized spacial score (nSPS) is 18.5. The van der Waals surface area contributed by atoms with Crippen LogP contribution in [0, 0.1) is 0 Å². The number of carbonyl (C=O) groups excluding carboxylic acids is 4. The number of anilines is 2. The molecule has 0 aliphatic heterocycles. The molecular weight excluding hydrogens is 917 g/mol. The largest absolute Gasteiger partial charge is 0.493 e. The maximum Gasteiger partial charge on any atom is 0.412 e. The van der Waals surface area contributed by atoms with Crippen LogP contribution >= 0.6 is 22.7 Å². The van der Waals surface area contributed by atoms with E-state index in [4.69, 9.17) is 29.4 Å². The number of hydrogen-bond donors (Lipinski definition) is 6. The summed E-state index contributed by atoms with van der Waals surface area (Å²) in [6, 6.07) is 26.8. The van der Waals surface area contributed by atoms with Crippen LogP contribution in [-0.4, -0.2) is 77.0 Å². The number of carboxylic acids is 2. The minimum absolute atomic E-state index is 0.0500. The first kappa shape index (κ1) is 48.2. The quantitative estimate of drug-likeness (QED) is 0.0306. The monoisotopic (exact) mass is 962 g/mol. The molecule has 6 aromatic rings. The maximum absolute atomic E-state index is 14.6. The molecule has 0 radical (unpaired) electrons. The highest BCUT2D eigenvalue weighted by atomic mass is 32.1. The van der Waals surface area contributed by atoms with Crippen molar-refractivity contribution in [3.63, 3.8) is 0 Å². The smallest absolute Gasteiger partial charge is 0.412 e. The standard InChI is InChI=1S/C49H46N4O13S2/c1-47(2,3)66-46(61)52-32-18-12-28(13-19-32)41(54)53-49(45(59)60)39(29-14-20-33(35(24-29)62-4)64-42(55)37-8-6-22-67-37)48(44(57)58,51-26-27-10-16-31(50)17-11-27)40(49)30-15-21-34(36(25-30)63-5)65-43(56)38-9-7-23-68-38/h6-25,39-40,51H,26,50H2,1-5H3,(H,52,61)(H,53,54)(H,57,58)(H,59,60). The summed E-state index contributed by atoms with van der Waals surface area (Å²) in [7, 11) is 2.59. The summed E-state index contributed by atoms with van der Waals surface area (Å²) in [5.41, 5.74) is 1.68. The summed E-state index contributed by atoms with van der Waals surface area (Å²) in [5, 5.41) is 35.3. The summed E-state index contributed by atoms with van der Waals surface area (Å²) < 4.78 is 28.0. The van der Waals surface area contributed by atoms with Gasteiger partial charge in [0.15, 0.2) is 28.5 Å². The molecule has 2 aromatic heterocycles. The average molecular weight is 963 g/mol. The van der Waals surface area contributed by atoms with E-state index >= 15 is 0 Å². The topological polar surface area (TPSA) is 251 Å². The van der Waals surface area contributed by atoms with E-state index in [0.29, 0.717) is 21.0 Å². The molecule has 4 aromatic carbocycles. The number of aliphatic carboxylic acids is 2. The fourth-order valence-electron chi connectivity index (χ4n) is 8.23. The number of carboxylic acid groups (broad SMARTS) is 2. The van der Waals surface area contributed by atoms with E-state index in [1.54, 1.807) is 80.1 Å². The molecule has 0 bridgehead atoms. The second kappa shape index (κ2) is 19.6. The molecule has 1 saturated carbocycles. The Morgan fingerprint density at radius 3 is 1.59 bits per heavy atom. The van der Waals surface area contributed by atoms with Gasteiger partial charge in [-0.05, 0) is 121 Å². The molecule has 352 valence electrons. The van der Waals surface area contributed by atoms with Crippen molar-refractivity contribution in [2.45, 2.75) is 55.8 Å². The molecule has 1 aliphatic carbocycles. The lowest BCUT2D eigenvalue weighted by Crippen LogP contribution is -2.85. The third-order valence-corrected chi connectivity index (χ3v) is 12.8. The van der Waals surface area contributed by atoms with Crippen molar-refractivity contribution in [1.29, 1.82) is 0 Å². The maximum atomic E-state index is 14.6. The van der Waals surface area contributed by atoms with Gasteiger partial charge in [-0.2, -0.15) is 0 Å². The van der Waals surface area contributed by atoms with E-state index < -0.39 is 64.4 Å². The van der Waals surface area contributed by atoms with Crippen LogP contribution in [0.5, 0.6) is 23.0 Å². The van der Waals surface area contributed by atoms with E-state index in [9.17, 15) is 39.0 Å². The van der Waals surface area contributed by atoms with Gasteiger partial charge in [0.25, 0.3) is 5.91 Å². The van der Waals surface area contributed by atoms with Crippen molar-refractivity contribution in [2.24, 2.45) is 0 Å². The first-order valence-corrected chi connectivity index (χ1v) is 22.5. The fourth-order valence-corrected chi connectivity index (χ4v) is 9.43. The molecule has 0 saturated heterocycles. The highest BCUT2D eigenvalue weighted by Crippen LogP contribution is 2.64. The Morgan fingerprint density at radius 1 is 0.662 bits per heavy atom. The van der Waals surface area contributed by atoms with Crippen molar-refractivity contribution in [2.75, 3.05) is 25.3 Å². The predicted octanol–water partition coefficient (Wildman–Crippen LogP) is 7.94. The lowest BCUT2D eigenvalue weighted by molar-refractivity contribution is -0.172. The molecule has 1 fully saturated rings. The zero-order valence-electron chi connectivity index (χ0n) is 37.2. The fraction of sp³-hybridized carbons (Fsp3) is 0.224. The number of methoxy groups -OCH3 is 2. The van der Waals surface area contributed by atoms with Gasteiger partial charge in [-0.3, -0.25) is 20.2 Å². The van der Waals surface area contributed by atoms with Crippen molar-refractivity contribution in [3.8, 4) is 23.0 Å². The van der Waals surface area contributed by atoms with E-state index in [1.165, 1.54) is 74.9 Å². The zero-order chi connectivity index (χ0) is 49.0. The van der Waals surface area contributed by atoms with E-state index in [-0.39, 0.29) is 51.9 Å². The highest BCUT2D eigenvalue weighted by molar-refractivity contribution is 7.12. The van der Waals surface area contributed by atoms with Gasteiger partial charge in [0.1, 0.15) is 20.9 Å². The predicted molar refractivity (Wildman–Crippen MR) is 252 cm³/mol. The van der Waals surface area contributed by atoms with Crippen molar-refractivity contribution < 1.29 is 62.7 Å². The molecule has 7 N–H and O–H groups in total. The van der Waals surface area contributed by atoms with Gasteiger partial charge in [0.2, 0.25) is 0 Å². The second-order valence-electron chi connectivity index (χ2n) is 16.5. The first-order valence-electron chi connectivity index (χ1n) is 20.8. The average Bonchev–Trinajstić information content (AvgIpc) is 4.05. The Labute approximate surface area is 397 Å². The molecule has 2 atom stereocenters. The van der Waals surface area contributed by atoms with Crippen LogP contribution in [0.15, 0.2) is 120 Å². The number of esters is 2. The number of ether oxygens (including phenoxy) is 5. The molecule has 2 amide bonds. The summed E-state index contributed by atoms with van der Waals surface area (Å²) >= 11 is 2.30. The van der Waals surface area contributed by atoms with Gasteiger partial charge < -0.3 is 44.9 Å². The summed E-state index contributed by atoms with van der Waals surface area (Å²) in [4.78, 5) is 82.7. The van der Waals surface area contributed by atoms with Gasteiger partial charge in [-0.1, -0.05) is 36.4 Å². The second-order valence-corrected chi connectivity index (χ2v) is 18.4. The molecule has 1 aliphatic rings. The van der Waals surface area contributed by atoms with Crippen molar-refractivity contribution in [1.82, 2.24) is 10.6 Å². The van der Waals surface area contributed by atoms with E-state index in [2.05, 4.69) is 16.0 Å². The Hall–Kier alpha value is -7.74. The Kier molecular flexibility index (Phi) is 13.9. The third-order valence-electron chi connectivity index (χ3n) is 11.1. The zero-order valence-corrected chi connectivity index (χ0v) is 38.8. The van der Waals surface area contributed by atoms with Crippen LogP contribution in [0.1, 0.15) is 79.0 Å². The van der Waals surface area contributed by atoms with Crippen molar-refractivity contribution >= 4 is 69.9 Å². The van der Waals surface area contributed by atoms with Crippen LogP contribution in [0.25, 0.3) is 0 Å². The molecule has 19 heteroatoms. The third kappa shape index (κ3) is 9.71. The number of hydrogen-bond acceptors (Lipinski definition) is 15. The van der Waals surface area contributed by atoms with Gasteiger partial charge in [-0.15, -0.1) is 22.7 Å². The number of carbonyl (C=O) groups is 6. The number of benzene rings is 4. The molecule has 2 heterocycles. The van der Waals surface area contributed by atoms with Crippen LogP contribution in [0.3, 0.4) is 0 Å². The molecular formula is C49H46N4O13S2. The van der Waals surface area contributed by atoms with Crippen LogP contribution in [0.2, 0.25) is 0 Å².